The number of phenols is 1. The van der Waals surface area contributed by atoms with E-state index in [-0.39, 0.29) is 5.41 Å². The second kappa shape index (κ2) is 5.99. The summed E-state index contributed by atoms with van der Waals surface area (Å²) in [6, 6.07) is 8.26. The SMILES string of the molecule is Cc1ccc(NCC(C)(C)c2cc(C)c(O)c(C)c2)c(C)n1. The highest BCUT2D eigenvalue weighted by Gasteiger charge is 2.22. The van der Waals surface area contributed by atoms with Crippen molar-refractivity contribution in [2.75, 3.05) is 11.9 Å². The van der Waals surface area contributed by atoms with Crippen LogP contribution in [-0.4, -0.2) is 16.6 Å². The van der Waals surface area contributed by atoms with Crippen molar-refractivity contribution in [1.29, 1.82) is 0 Å². The van der Waals surface area contributed by atoms with Crippen LogP contribution in [0.2, 0.25) is 0 Å². The van der Waals surface area contributed by atoms with Gasteiger partial charge in [-0.05, 0) is 56.5 Å². The first kappa shape index (κ1) is 16.3. The normalized spacial score (nSPS) is 11.5. The monoisotopic (exact) mass is 298 g/mol. The van der Waals surface area contributed by atoms with Gasteiger partial charge < -0.3 is 10.4 Å². The Balaban J connectivity index is 2.20. The lowest BCUT2D eigenvalue weighted by Gasteiger charge is -2.28. The van der Waals surface area contributed by atoms with Crippen LogP contribution in [0.15, 0.2) is 24.3 Å². The van der Waals surface area contributed by atoms with Gasteiger partial charge in [0.2, 0.25) is 0 Å². The fourth-order valence-corrected chi connectivity index (χ4v) is 2.64. The number of nitrogens with zero attached hydrogens (tertiary/aromatic N) is 1. The number of pyridine rings is 1. The summed E-state index contributed by atoms with van der Waals surface area (Å²) in [6.07, 6.45) is 0. The quantitative estimate of drug-likeness (QED) is 0.878. The molecule has 0 aliphatic rings. The van der Waals surface area contributed by atoms with Crippen LogP contribution in [0.1, 0.15) is 41.9 Å². The zero-order valence-corrected chi connectivity index (χ0v) is 14.4. The van der Waals surface area contributed by atoms with Gasteiger partial charge in [0.15, 0.2) is 0 Å². The highest BCUT2D eigenvalue weighted by atomic mass is 16.3. The van der Waals surface area contributed by atoms with E-state index in [1.165, 1.54) is 5.56 Å². The van der Waals surface area contributed by atoms with Gasteiger partial charge in [0, 0.05) is 17.7 Å². The largest absolute Gasteiger partial charge is 0.507 e. The van der Waals surface area contributed by atoms with Gasteiger partial charge >= 0.3 is 0 Å². The third kappa shape index (κ3) is 3.41. The number of nitrogens with one attached hydrogen (secondary N) is 1. The molecule has 1 aromatic heterocycles. The predicted molar refractivity (Wildman–Crippen MR) is 92.8 cm³/mol. The molecule has 2 rings (SSSR count). The molecule has 2 N–H and O–H groups in total. The zero-order valence-electron chi connectivity index (χ0n) is 14.4. The summed E-state index contributed by atoms with van der Waals surface area (Å²) in [4.78, 5) is 4.49. The summed E-state index contributed by atoms with van der Waals surface area (Å²) in [6.45, 7) is 13.2. The molecular weight excluding hydrogens is 272 g/mol. The maximum absolute atomic E-state index is 9.94. The van der Waals surface area contributed by atoms with Gasteiger partial charge in [0.05, 0.1) is 11.4 Å². The summed E-state index contributed by atoms with van der Waals surface area (Å²) in [5.74, 6) is 0.395. The highest BCUT2D eigenvalue weighted by Crippen LogP contribution is 2.31. The molecule has 0 unspecified atom stereocenters. The van der Waals surface area contributed by atoms with E-state index in [2.05, 4.69) is 42.3 Å². The Morgan fingerprint density at radius 1 is 1.05 bits per heavy atom. The van der Waals surface area contributed by atoms with E-state index in [0.717, 1.165) is 34.7 Å². The van der Waals surface area contributed by atoms with E-state index in [9.17, 15) is 5.11 Å². The lowest BCUT2D eigenvalue weighted by Crippen LogP contribution is -2.28. The Morgan fingerprint density at radius 2 is 1.64 bits per heavy atom. The molecule has 0 spiro atoms. The van der Waals surface area contributed by atoms with Crippen LogP contribution < -0.4 is 5.32 Å². The van der Waals surface area contributed by atoms with Crippen molar-refractivity contribution >= 4 is 5.69 Å². The third-order valence-electron chi connectivity index (χ3n) is 4.22. The van der Waals surface area contributed by atoms with E-state index < -0.39 is 0 Å². The van der Waals surface area contributed by atoms with Crippen LogP contribution >= 0.6 is 0 Å². The van der Waals surface area contributed by atoms with Crippen LogP contribution in [0, 0.1) is 27.7 Å². The first-order chi connectivity index (χ1) is 10.2. The number of benzene rings is 1. The van der Waals surface area contributed by atoms with Crippen molar-refractivity contribution in [2.45, 2.75) is 47.0 Å². The first-order valence-corrected chi connectivity index (χ1v) is 7.69. The lowest BCUT2D eigenvalue weighted by atomic mass is 9.82. The molecule has 0 saturated heterocycles. The van der Waals surface area contributed by atoms with Crippen molar-refractivity contribution in [3.63, 3.8) is 0 Å². The molecule has 1 aromatic carbocycles. The summed E-state index contributed by atoms with van der Waals surface area (Å²) in [5.41, 5.74) is 6.17. The Bertz CT molecular complexity index is 667. The van der Waals surface area contributed by atoms with Crippen LogP contribution in [0.25, 0.3) is 0 Å². The Kier molecular flexibility index (Phi) is 4.45. The molecule has 0 bridgehead atoms. The number of phenolic OH excluding ortho intramolecular Hbond substituents is 1. The summed E-state index contributed by atoms with van der Waals surface area (Å²) in [7, 11) is 0. The van der Waals surface area contributed by atoms with E-state index in [0.29, 0.717) is 5.75 Å². The molecule has 3 heteroatoms. The number of hydrogen-bond acceptors (Lipinski definition) is 3. The average Bonchev–Trinajstić information content (AvgIpc) is 2.43. The number of aromatic hydroxyl groups is 1. The molecule has 0 aliphatic heterocycles. The van der Waals surface area contributed by atoms with Crippen molar-refractivity contribution in [3.05, 3.63) is 52.3 Å². The summed E-state index contributed by atoms with van der Waals surface area (Å²) < 4.78 is 0. The molecule has 3 nitrogen and oxygen atoms in total. The molecule has 0 aliphatic carbocycles. The molecule has 2 aromatic rings. The third-order valence-corrected chi connectivity index (χ3v) is 4.22. The van der Waals surface area contributed by atoms with Crippen LogP contribution in [0.5, 0.6) is 5.75 Å². The summed E-state index contributed by atoms with van der Waals surface area (Å²) >= 11 is 0. The Hall–Kier alpha value is -2.03. The number of rotatable bonds is 4. The molecule has 118 valence electrons. The number of aryl methyl sites for hydroxylation is 4. The fraction of sp³-hybridized carbons (Fsp3) is 0.421. The average molecular weight is 298 g/mol. The summed E-state index contributed by atoms with van der Waals surface area (Å²) in [5, 5.41) is 13.5. The van der Waals surface area contributed by atoms with E-state index in [4.69, 9.17) is 0 Å². The minimum Gasteiger partial charge on any atom is -0.507 e. The van der Waals surface area contributed by atoms with Gasteiger partial charge in [0.25, 0.3) is 0 Å². The topological polar surface area (TPSA) is 45.1 Å². The molecular formula is C19H26N2O. The van der Waals surface area contributed by atoms with Crippen molar-refractivity contribution < 1.29 is 5.11 Å². The first-order valence-electron chi connectivity index (χ1n) is 7.69. The molecule has 1 heterocycles. The molecule has 0 saturated carbocycles. The van der Waals surface area contributed by atoms with Gasteiger partial charge in [-0.3, -0.25) is 4.98 Å². The minimum absolute atomic E-state index is 0.0411. The number of aromatic nitrogens is 1. The van der Waals surface area contributed by atoms with Gasteiger partial charge in [-0.25, -0.2) is 0 Å². The van der Waals surface area contributed by atoms with E-state index in [1.54, 1.807) is 0 Å². The van der Waals surface area contributed by atoms with Crippen molar-refractivity contribution in [2.24, 2.45) is 0 Å². The standard InChI is InChI=1S/C19H26N2O/c1-12-9-16(10-13(2)18(12)22)19(5,6)11-20-17-8-7-14(3)21-15(17)4/h7-10,20,22H,11H2,1-6H3. The molecule has 0 radical (unpaired) electrons. The van der Waals surface area contributed by atoms with Gasteiger partial charge in [-0.15, -0.1) is 0 Å². The van der Waals surface area contributed by atoms with Gasteiger partial charge in [-0.2, -0.15) is 0 Å². The van der Waals surface area contributed by atoms with Gasteiger partial charge in [-0.1, -0.05) is 26.0 Å². The Labute approximate surface area is 133 Å². The lowest BCUT2D eigenvalue weighted by molar-refractivity contribution is 0.465. The Morgan fingerprint density at radius 3 is 2.18 bits per heavy atom. The molecule has 0 amide bonds. The van der Waals surface area contributed by atoms with Gasteiger partial charge in [0.1, 0.15) is 5.75 Å². The van der Waals surface area contributed by atoms with Crippen LogP contribution in [0.3, 0.4) is 0 Å². The van der Waals surface area contributed by atoms with Crippen LogP contribution in [-0.2, 0) is 5.41 Å². The fourth-order valence-electron chi connectivity index (χ4n) is 2.64. The maximum Gasteiger partial charge on any atom is 0.121 e. The highest BCUT2D eigenvalue weighted by molar-refractivity contribution is 5.49. The second-order valence-electron chi connectivity index (χ2n) is 6.78. The second-order valence-corrected chi connectivity index (χ2v) is 6.78. The van der Waals surface area contributed by atoms with E-state index in [1.807, 2.05) is 33.8 Å². The predicted octanol–water partition coefficient (Wildman–Crippen LogP) is 4.41. The zero-order chi connectivity index (χ0) is 16.5. The van der Waals surface area contributed by atoms with Crippen LogP contribution in [0.4, 0.5) is 5.69 Å². The number of hydrogen-bond donors (Lipinski definition) is 2. The maximum atomic E-state index is 9.94. The van der Waals surface area contributed by atoms with Crippen molar-refractivity contribution in [1.82, 2.24) is 4.98 Å². The minimum atomic E-state index is -0.0411. The smallest absolute Gasteiger partial charge is 0.121 e. The van der Waals surface area contributed by atoms with Crippen molar-refractivity contribution in [3.8, 4) is 5.75 Å². The molecule has 0 atom stereocenters. The molecule has 22 heavy (non-hydrogen) atoms. The number of anilines is 1. The molecule has 0 fully saturated rings. The van der Waals surface area contributed by atoms with E-state index >= 15 is 0 Å².